The van der Waals surface area contributed by atoms with Crippen LogP contribution in [-0.4, -0.2) is 27.2 Å². The molecule has 2 unspecified atom stereocenters. The average molecular weight is 349 g/mol. The zero-order valence-electron chi connectivity index (χ0n) is 10.4. The first-order valence-corrected chi connectivity index (χ1v) is 8.49. The highest BCUT2D eigenvalue weighted by atomic mass is 79.9. The van der Waals surface area contributed by atoms with Gasteiger partial charge in [0, 0.05) is 44.6 Å². The lowest BCUT2D eigenvalue weighted by molar-refractivity contribution is 0.678. The van der Waals surface area contributed by atoms with E-state index in [-0.39, 0.29) is 6.04 Å². The molecule has 0 saturated carbocycles. The Bertz CT molecular complexity index is 465. The molecule has 0 fully saturated rings. The summed E-state index contributed by atoms with van der Waals surface area (Å²) in [5, 5.41) is 3.36. The summed E-state index contributed by atoms with van der Waals surface area (Å²) in [7, 11) is -0.762. The molecule has 0 aliphatic carbocycles. The molecule has 0 aliphatic heterocycles. The summed E-state index contributed by atoms with van der Waals surface area (Å²) >= 11 is 8.50. The Morgan fingerprint density at radius 3 is 2.83 bits per heavy atom. The van der Waals surface area contributed by atoms with E-state index in [1.807, 2.05) is 18.2 Å². The topological polar surface area (TPSA) is 55.1 Å². The van der Waals surface area contributed by atoms with Crippen molar-refractivity contribution < 1.29 is 4.21 Å². The van der Waals surface area contributed by atoms with Gasteiger partial charge >= 0.3 is 0 Å². The van der Waals surface area contributed by atoms with E-state index in [1.54, 1.807) is 6.26 Å². The van der Waals surface area contributed by atoms with Gasteiger partial charge in [-0.25, -0.2) is 0 Å². The summed E-state index contributed by atoms with van der Waals surface area (Å²) in [5.74, 6) is 0.685. The Morgan fingerprint density at radius 1 is 1.61 bits per heavy atom. The first-order chi connectivity index (χ1) is 8.41. The number of rotatable bonds is 6. The molecule has 3 nitrogen and oxygen atoms in total. The normalized spacial score (nSPS) is 13.9. The van der Waals surface area contributed by atoms with Gasteiger partial charge in [0.1, 0.15) is 4.99 Å². The maximum absolute atomic E-state index is 11.1. The van der Waals surface area contributed by atoms with Crippen molar-refractivity contribution in [2.24, 2.45) is 5.73 Å². The molecule has 0 saturated heterocycles. The molecule has 3 N–H and O–H groups in total. The second-order valence-corrected chi connectivity index (χ2v) is 6.99. The maximum atomic E-state index is 11.1. The van der Waals surface area contributed by atoms with E-state index in [9.17, 15) is 4.21 Å². The van der Waals surface area contributed by atoms with Crippen LogP contribution in [0.25, 0.3) is 0 Å². The van der Waals surface area contributed by atoms with E-state index < -0.39 is 10.8 Å². The highest BCUT2D eigenvalue weighted by Gasteiger charge is 2.11. The predicted octanol–water partition coefficient (Wildman–Crippen LogP) is 2.65. The molecular weight excluding hydrogens is 332 g/mol. The number of nitrogens with one attached hydrogen (secondary N) is 1. The van der Waals surface area contributed by atoms with Crippen LogP contribution in [0.1, 0.15) is 18.9 Å². The van der Waals surface area contributed by atoms with Gasteiger partial charge in [0.2, 0.25) is 0 Å². The quantitative estimate of drug-likeness (QED) is 0.776. The molecule has 0 amide bonds. The minimum Gasteiger partial charge on any atom is -0.389 e. The van der Waals surface area contributed by atoms with Crippen molar-refractivity contribution in [2.45, 2.75) is 19.4 Å². The van der Waals surface area contributed by atoms with Crippen LogP contribution in [0.5, 0.6) is 0 Å². The number of hydrogen-bond donors (Lipinski definition) is 2. The van der Waals surface area contributed by atoms with Gasteiger partial charge in [-0.1, -0.05) is 18.3 Å². The van der Waals surface area contributed by atoms with Crippen LogP contribution >= 0.6 is 28.1 Å². The van der Waals surface area contributed by atoms with Crippen molar-refractivity contribution in [1.29, 1.82) is 0 Å². The van der Waals surface area contributed by atoms with Crippen LogP contribution in [0.4, 0.5) is 5.69 Å². The lowest BCUT2D eigenvalue weighted by Crippen LogP contribution is -2.21. The molecular formula is C12H17BrN2OS2. The first-order valence-electron chi connectivity index (χ1n) is 5.56. The van der Waals surface area contributed by atoms with Gasteiger partial charge in [-0.2, -0.15) is 0 Å². The van der Waals surface area contributed by atoms with Crippen LogP contribution in [0.2, 0.25) is 0 Å². The lowest BCUT2D eigenvalue weighted by atomic mass is 10.1. The van der Waals surface area contributed by atoms with Crippen molar-refractivity contribution in [3.05, 3.63) is 28.2 Å². The van der Waals surface area contributed by atoms with Crippen LogP contribution in [0.15, 0.2) is 22.7 Å². The number of benzene rings is 1. The SMILES string of the molecule is CC(CCS(C)=O)Nc1cccc(Br)c1C(N)=S. The van der Waals surface area contributed by atoms with Gasteiger partial charge in [0.15, 0.2) is 0 Å². The fourth-order valence-electron chi connectivity index (χ4n) is 1.58. The van der Waals surface area contributed by atoms with E-state index in [4.69, 9.17) is 18.0 Å². The fraction of sp³-hybridized carbons (Fsp3) is 0.417. The highest BCUT2D eigenvalue weighted by molar-refractivity contribution is 9.10. The van der Waals surface area contributed by atoms with Crippen LogP contribution in [-0.2, 0) is 10.8 Å². The maximum Gasteiger partial charge on any atom is 0.107 e. The highest BCUT2D eigenvalue weighted by Crippen LogP contribution is 2.25. The van der Waals surface area contributed by atoms with E-state index in [1.165, 1.54) is 0 Å². The molecule has 0 bridgehead atoms. The number of nitrogens with two attached hydrogens (primary N) is 1. The Morgan fingerprint density at radius 2 is 2.28 bits per heavy atom. The van der Waals surface area contributed by atoms with Gasteiger partial charge in [0.05, 0.1) is 0 Å². The minimum atomic E-state index is -0.762. The first kappa shape index (κ1) is 15.6. The standard InChI is InChI=1S/C12H17BrN2OS2/c1-8(6-7-18(2)16)15-10-5-3-4-9(13)11(10)12(14)17/h3-5,8,15H,6-7H2,1-2H3,(H2,14,17). The van der Waals surface area contributed by atoms with Crippen molar-refractivity contribution in [3.8, 4) is 0 Å². The molecule has 1 rings (SSSR count). The van der Waals surface area contributed by atoms with Crippen molar-refractivity contribution in [1.82, 2.24) is 0 Å². The molecule has 1 aromatic rings. The van der Waals surface area contributed by atoms with Gasteiger partial charge in [-0.3, -0.25) is 4.21 Å². The number of anilines is 1. The summed E-state index contributed by atoms with van der Waals surface area (Å²) in [4.78, 5) is 0.358. The van der Waals surface area contributed by atoms with E-state index in [2.05, 4.69) is 28.2 Å². The monoisotopic (exact) mass is 348 g/mol. The number of thiocarbonyl (C=S) groups is 1. The number of halogens is 1. The van der Waals surface area contributed by atoms with Gasteiger partial charge < -0.3 is 11.1 Å². The third-order valence-corrected chi connectivity index (χ3v) is 4.18. The Balaban J connectivity index is 2.81. The summed E-state index contributed by atoms with van der Waals surface area (Å²) < 4.78 is 11.9. The smallest absolute Gasteiger partial charge is 0.107 e. The fourth-order valence-corrected chi connectivity index (χ4v) is 3.19. The summed E-state index contributed by atoms with van der Waals surface area (Å²) in [6.45, 7) is 2.05. The van der Waals surface area contributed by atoms with Crippen molar-refractivity contribution >= 4 is 49.6 Å². The summed E-state index contributed by atoms with van der Waals surface area (Å²) in [6.07, 6.45) is 2.55. The Kier molecular flexibility index (Phi) is 6.25. The zero-order chi connectivity index (χ0) is 13.7. The average Bonchev–Trinajstić information content (AvgIpc) is 2.26. The zero-order valence-corrected chi connectivity index (χ0v) is 13.6. The third kappa shape index (κ3) is 4.66. The summed E-state index contributed by atoms with van der Waals surface area (Å²) in [6, 6.07) is 6.00. The lowest BCUT2D eigenvalue weighted by Gasteiger charge is -2.18. The Hall–Kier alpha value is -0.460. The summed E-state index contributed by atoms with van der Waals surface area (Å²) in [5.41, 5.74) is 7.45. The Labute approximate surface area is 124 Å². The number of hydrogen-bond acceptors (Lipinski definition) is 3. The van der Waals surface area contributed by atoms with E-state index in [0.717, 1.165) is 22.1 Å². The largest absolute Gasteiger partial charge is 0.389 e. The van der Waals surface area contributed by atoms with Crippen molar-refractivity contribution in [3.63, 3.8) is 0 Å². The third-order valence-electron chi connectivity index (χ3n) is 2.50. The molecule has 0 aromatic heterocycles. The molecule has 100 valence electrons. The van der Waals surface area contributed by atoms with E-state index in [0.29, 0.717) is 10.7 Å². The minimum absolute atomic E-state index is 0.219. The second-order valence-electron chi connectivity index (χ2n) is 4.14. The molecule has 0 radical (unpaired) electrons. The van der Waals surface area contributed by atoms with Crippen LogP contribution in [0, 0.1) is 0 Å². The van der Waals surface area contributed by atoms with Gasteiger partial charge in [-0.15, -0.1) is 0 Å². The molecule has 1 aromatic carbocycles. The van der Waals surface area contributed by atoms with E-state index >= 15 is 0 Å². The second kappa shape index (κ2) is 7.21. The molecule has 2 atom stereocenters. The van der Waals surface area contributed by atoms with Crippen LogP contribution in [0.3, 0.4) is 0 Å². The molecule has 6 heteroatoms. The van der Waals surface area contributed by atoms with Crippen molar-refractivity contribution in [2.75, 3.05) is 17.3 Å². The van der Waals surface area contributed by atoms with Gasteiger partial charge in [0.25, 0.3) is 0 Å². The molecule has 0 spiro atoms. The molecule has 18 heavy (non-hydrogen) atoms. The molecule has 0 heterocycles. The predicted molar refractivity (Wildman–Crippen MR) is 86.7 cm³/mol. The van der Waals surface area contributed by atoms with Gasteiger partial charge in [-0.05, 0) is 41.4 Å². The molecule has 0 aliphatic rings. The van der Waals surface area contributed by atoms with Crippen LogP contribution < -0.4 is 11.1 Å².